The quantitative estimate of drug-likeness (QED) is 0.782. The van der Waals surface area contributed by atoms with Crippen molar-refractivity contribution in [2.45, 2.75) is 19.8 Å². The Bertz CT molecular complexity index is 750. The number of rotatable bonds is 4. The first kappa shape index (κ1) is 13.8. The summed E-state index contributed by atoms with van der Waals surface area (Å²) in [6.45, 7) is 2.31. The van der Waals surface area contributed by atoms with Crippen LogP contribution in [0.25, 0.3) is 22.0 Å². The van der Waals surface area contributed by atoms with Gasteiger partial charge in [-0.15, -0.1) is 0 Å². The van der Waals surface area contributed by atoms with Crippen molar-refractivity contribution in [3.63, 3.8) is 0 Å². The predicted molar refractivity (Wildman–Crippen MR) is 87.3 cm³/mol. The average Bonchev–Trinajstić information content (AvgIpc) is 2.55. The van der Waals surface area contributed by atoms with Gasteiger partial charge in [-0.2, -0.15) is 0 Å². The van der Waals surface area contributed by atoms with Crippen molar-refractivity contribution in [3.05, 3.63) is 65.9 Å². The van der Waals surface area contributed by atoms with E-state index in [-0.39, 0.29) is 6.61 Å². The minimum absolute atomic E-state index is 0.150. The van der Waals surface area contributed by atoms with E-state index in [0.29, 0.717) is 6.42 Å². The fourth-order valence-corrected chi connectivity index (χ4v) is 2.86. The maximum absolute atomic E-state index is 9.24. The van der Waals surface area contributed by atoms with Gasteiger partial charge in [0.15, 0.2) is 0 Å². The second kappa shape index (κ2) is 6.06. The maximum Gasteiger partial charge on any atom is 0.0741 e. The molecule has 0 spiro atoms. The number of aliphatic hydroxyl groups excluding tert-OH is 1. The van der Waals surface area contributed by atoms with E-state index in [9.17, 15) is 5.11 Å². The fraction of sp³-hybridized carbons (Fsp3) is 0.211. The zero-order valence-electron chi connectivity index (χ0n) is 12.2. The van der Waals surface area contributed by atoms with E-state index in [1.165, 1.54) is 22.1 Å². The van der Waals surface area contributed by atoms with Gasteiger partial charge >= 0.3 is 0 Å². The fourth-order valence-electron chi connectivity index (χ4n) is 2.86. The van der Waals surface area contributed by atoms with Crippen molar-refractivity contribution < 1.29 is 5.11 Å². The predicted octanol–water partition coefficient (Wildman–Crippen LogP) is 4.00. The van der Waals surface area contributed by atoms with Crippen LogP contribution in [0.5, 0.6) is 0 Å². The molecule has 0 fully saturated rings. The van der Waals surface area contributed by atoms with E-state index in [0.717, 1.165) is 17.5 Å². The molecule has 106 valence electrons. The standard InChI is InChI=1S/C19H19NO/c1-2-14-13-20-19-16(11-12-21)9-6-10-17(19)18(14)15-7-4-3-5-8-15/h3-10,13,21H,2,11-12H2,1H3. The number of para-hydroxylation sites is 1. The summed E-state index contributed by atoms with van der Waals surface area (Å²) in [5.41, 5.74) is 5.86. The Morgan fingerprint density at radius 1 is 0.952 bits per heavy atom. The first-order valence-electron chi connectivity index (χ1n) is 7.41. The van der Waals surface area contributed by atoms with Crippen LogP contribution in [0.15, 0.2) is 54.7 Å². The molecule has 0 amide bonds. The summed E-state index contributed by atoms with van der Waals surface area (Å²) in [7, 11) is 0. The number of fused-ring (bicyclic) bond motifs is 1. The highest BCUT2D eigenvalue weighted by molar-refractivity contribution is 5.97. The summed E-state index contributed by atoms with van der Waals surface area (Å²) in [6, 6.07) is 16.7. The summed E-state index contributed by atoms with van der Waals surface area (Å²) in [5, 5.41) is 10.4. The molecular weight excluding hydrogens is 258 g/mol. The molecular formula is C19H19NO. The zero-order chi connectivity index (χ0) is 14.7. The molecule has 0 unspecified atom stereocenters. The lowest BCUT2D eigenvalue weighted by molar-refractivity contribution is 0.300. The molecule has 1 aromatic heterocycles. The third-order valence-electron chi connectivity index (χ3n) is 3.88. The number of hydrogen-bond acceptors (Lipinski definition) is 2. The highest BCUT2D eigenvalue weighted by Gasteiger charge is 2.11. The van der Waals surface area contributed by atoms with Crippen molar-refractivity contribution in [2.24, 2.45) is 0 Å². The van der Waals surface area contributed by atoms with Crippen LogP contribution in [0.3, 0.4) is 0 Å². The lowest BCUT2D eigenvalue weighted by Gasteiger charge is -2.13. The normalized spacial score (nSPS) is 11.0. The molecule has 1 N–H and O–H groups in total. The summed E-state index contributed by atoms with van der Waals surface area (Å²) in [4.78, 5) is 4.65. The third kappa shape index (κ3) is 2.55. The Kier molecular flexibility index (Phi) is 3.98. The molecule has 0 atom stereocenters. The van der Waals surface area contributed by atoms with Crippen LogP contribution in [0.2, 0.25) is 0 Å². The van der Waals surface area contributed by atoms with Gasteiger partial charge in [0, 0.05) is 18.2 Å². The first-order chi connectivity index (χ1) is 10.3. The van der Waals surface area contributed by atoms with Gasteiger partial charge in [0.1, 0.15) is 0 Å². The first-order valence-corrected chi connectivity index (χ1v) is 7.41. The summed E-state index contributed by atoms with van der Waals surface area (Å²) in [6.07, 6.45) is 3.58. The van der Waals surface area contributed by atoms with Crippen molar-refractivity contribution in [1.82, 2.24) is 4.98 Å². The largest absolute Gasteiger partial charge is 0.396 e. The van der Waals surface area contributed by atoms with E-state index >= 15 is 0 Å². The van der Waals surface area contributed by atoms with E-state index in [2.05, 4.69) is 48.3 Å². The smallest absolute Gasteiger partial charge is 0.0741 e. The number of nitrogens with zero attached hydrogens (tertiary/aromatic N) is 1. The van der Waals surface area contributed by atoms with E-state index in [1.807, 2.05) is 18.3 Å². The zero-order valence-corrected chi connectivity index (χ0v) is 12.2. The van der Waals surface area contributed by atoms with Gasteiger partial charge in [-0.25, -0.2) is 0 Å². The van der Waals surface area contributed by atoms with Crippen molar-refractivity contribution in [1.29, 1.82) is 0 Å². The molecule has 21 heavy (non-hydrogen) atoms. The maximum atomic E-state index is 9.24. The van der Waals surface area contributed by atoms with Gasteiger partial charge in [-0.3, -0.25) is 4.98 Å². The van der Waals surface area contributed by atoms with Crippen LogP contribution in [-0.2, 0) is 12.8 Å². The van der Waals surface area contributed by atoms with Gasteiger partial charge in [0.05, 0.1) is 5.52 Å². The molecule has 2 aromatic carbocycles. The van der Waals surface area contributed by atoms with E-state index in [1.54, 1.807) is 0 Å². The molecule has 0 aliphatic rings. The molecule has 0 aliphatic carbocycles. The number of pyridine rings is 1. The topological polar surface area (TPSA) is 33.1 Å². The number of aryl methyl sites for hydroxylation is 1. The highest BCUT2D eigenvalue weighted by Crippen LogP contribution is 2.32. The Balaban J connectivity index is 2.32. The monoisotopic (exact) mass is 277 g/mol. The molecule has 0 aliphatic heterocycles. The molecule has 1 heterocycles. The molecule has 0 radical (unpaired) electrons. The average molecular weight is 277 g/mol. The highest BCUT2D eigenvalue weighted by atomic mass is 16.2. The molecule has 3 rings (SSSR count). The van der Waals surface area contributed by atoms with Gasteiger partial charge in [-0.05, 0) is 35.1 Å². The summed E-state index contributed by atoms with van der Waals surface area (Å²) in [5.74, 6) is 0. The molecule has 2 heteroatoms. The van der Waals surface area contributed by atoms with Crippen LogP contribution in [-0.4, -0.2) is 16.7 Å². The SMILES string of the molecule is CCc1cnc2c(CCO)cccc2c1-c1ccccc1. The Hall–Kier alpha value is -2.19. The van der Waals surface area contributed by atoms with Crippen molar-refractivity contribution in [3.8, 4) is 11.1 Å². The molecule has 2 nitrogen and oxygen atoms in total. The second-order valence-electron chi connectivity index (χ2n) is 5.16. The second-order valence-corrected chi connectivity index (χ2v) is 5.16. The Morgan fingerprint density at radius 2 is 1.76 bits per heavy atom. The Morgan fingerprint density at radius 3 is 2.48 bits per heavy atom. The van der Waals surface area contributed by atoms with Crippen LogP contribution in [0.1, 0.15) is 18.1 Å². The van der Waals surface area contributed by atoms with Gasteiger partial charge in [0.25, 0.3) is 0 Å². The van der Waals surface area contributed by atoms with Crippen LogP contribution in [0, 0.1) is 0 Å². The minimum atomic E-state index is 0.150. The molecule has 0 bridgehead atoms. The van der Waals surface area contributed by atoms with Crippen LogP contribution >= 0.6 is 0 Å². The number of benzene rings is 2. The van der Waals surface area contributed by atoms with E-state index < -0.39 is 0 Å². The van der Waals surface area contributed by atoms with Gasteiger partial charge in [-0.1, -0.05) is 55.5 Å². The van der Waals surface area contributed by atoms with Crippen LogP contribution in [0.4, 0.5) is 0 Å². The van der Waals surface area contributed by atoms with Gasteiger partial charge in [0.2, 0.25) is 0 Å². The lowest BCUT2D eigenvalue weighted by Crippen LogP contribution is -1.97. The number of aliphatic hydroxyl groups is 1. The molecule has 0 saturated carbocycles. The van der Waals surface area contributed by atoms with Crippen molar-refractivity contribution >= 4 is 10.9 Å². The summed E-state index contributed by atoms with van der Waals surface area (Å²) < 4.78 is 0. The van der Waals surface area contributed by atoms with Gasteiger partial charge < -0.3 is 5.11 Å². The van der Waals surface area contributed by atoms with Crippen molar-refractivity contribution in [2.75, 3.05) is 6.61 Å². The minimum Gasteiger partial charge on any atom is -0.396 e. The third-order valence-corrected chi connectivity index (χ3v) is 3.88. The number of aromatic nitrogens is 1. The lowest BCUT2D eigenvalue weighted by atomic mass is 9.93. The summed E-state index contributed by atoms with van der Waals surface area (Å²) >= 11 is 0. The molecule has 3 aromatic rings. The Labute approximate surface area is 125 Å². The van der Waals surface area contributed by atoms with E-state index in [4.69, 9.17) is 0 Å². The van der Waals surface area contributed by atoms with Crippen LogP contribution < -0.4 is 0 Å². The number of hydrogen-bond donors (Lipinski definition) is 1. The molecule has 0 saturated heterocycles.